The van der Waals surface area contributed by atoms with Gasteiger partial charge in [-0.2, -0.15) is 0 Å². The summed E-state index contributed by atoms with van der Waals surface area (Å²) < 4.78 is 10.7. The lowest BCUT2D eigenvalue weighted by Gasteiger charge is -2.06. The van der Waals surface area contributed by atoms with E-state index in [1.54, 1.807) is 30.3 Å². The monoisotopic (exact) mass is 293 g/mol. The van der Waals surface area contributed by atoms with Crippen molar-refractivity contribution in [3.8, 4) is 11.5 Å². The number of nitrogens with zero attached hydrogens (tertiary/aromatic N) is 1. The number of pyridine rings is 1. The van der Waals surface area contributed by atoms with Crippen LogP contribution in [0.4, 0.5) is 0 Å². The first-order chi connectivity index (χ1) is 10.8. The van der Waals surface area contributed by atoms with Gasteiger partial charge in [-0.05, 0) is 43.3 Å². The molecule has 4 heteroatoms. The van der Waals surface area contributed by atoms with Crippen molar-refractivity contribution in [3.63, 3.8) is 0 Å². The van der Waals surface area contributed by atoms with E-state index in [-0.39, 0.29) is 5.69 Å². The highest BCUT2D eigenvalue weighted by Gasteiger charge is 2.11. The van der Waals surface area contributed by atoms with E-state index >= 15 is 0 Å². The zero-order valence-electron chi connectivity index (χ0n) is 12.2. The number of fused-ring (bicyclic) bond motifs is 1. The minimum Gasteiger partial charge on any atom is -0.494 e. The quantitative estimate of drug-likeness (QED) is 0.541. The summed E-state index contributed by atoms with van der Waals surface area (Å²) in [4.78, 5) is 16.5. The van der Waals surface area contributed by atoms with Crippen LogP contribution in [0.1, 0.15) is 17.4 Å². The van der Waals surface area contributed by atoms with Crippen molar-refractivity contribution in [2.24, 2.45) is 0 Å². The van der Waals surface area contributed by atoms with E-state index in [0.29, 0.717) is 12.4 Å². The van der Waals surface area contributed by atoms with Crippen molar-refractivity contribution in [3.05, 3.63) is 66.4 Å². The number of benzene rings is 2. The molecule has 0 aliphatic carbocycles. The van der Waals surface area contributed by atoms with Gasteiger partial charge in [-0.25, -0.2) is 9.78 Å². The molecule has 3 aromatic rings. The second-order valence-electron chi connectivity index (χ2n) is 4.68. The van der Waals surface area contributed by atoms with Gasteiger partial charge in [0.05, 0.1) is 12.1 Å². The molecule has 0 N–H and O–H groups in total. The van der Waals surface area contributed by atoms with Gasteiger partial charge >= 0.3 is 5.97 Å². The number of carbonyl (C=O) groups excluding carboxylic acids is 1. The molecule has 0 unspecified atom stereocenters. The smallest absolute Gasteiger partial charge is 0.362 e. The highest BCUT2D eigenvalue weighted by Crippen LogP contribution is 2.19. The van der Waals surface area contributed by atoms with Crippen LogP contribution in [-0.4, -0.2) is 17.6 Å². The third-order valence-corrected chi connectivity index (χ3v) is 3.15. The van der Waals surface area contributed by atoms with Gasteiger partial charge in [0.25, 0.3) is 0 Å². The molecular formula is C18H15NO3. The SMILES string of the molecule is CCOc1ccc(OC(=O)c2ccc3ccccc3n2)cc1. The summed E-state index contributed by atoms with van der Waals surface area (Å²) in [5.74, 6) is 0.726. The summed E-state index contributed by atoms with van der Waals surface area (Å²) in [6.45, 7) is 2.51. The van der Waals surface area contributed by atoms with Crippen molar-refractivity contribution in [2.45, 2.75) is 6.92 Å². The number of carbonyl (C=O) groups is 1. The Hall–Kier alpha value is -2.88. The molecule has 4 nitrogen and oxygen atoms in total. The van der Waals surface area contributed by atoms with Crippen molar-refractivity contribution in [1.29, 1.82) is 0 Å². The number of hydrogen-bond donors (Lipinski definition) is 0. The van der Waals surface area contributed by atoms with Crippen molar-refractivity contribution < 1.29 is 14.3 Å². The first-order valence-electron chi connectivity index (χ1n) is 7.07. The van der Waals surface area contributed by atoms with Crippen LogP contribution in [0.25, 0.3) is 10.9 Å². The molecule has 0 bridgehead atoms. The summed E-state index contributed by atoms with van der Waals surface area (Å²) >= 11 is 0. The van der Waals surface area contributed by atoms with E-state index in [9.17, 15) is 4.79 Å². The van der Waals surface area contributed by atoms with Crippen molar-refractivity contribution in [2.75, 3.05) is 6.61 Å². The Morgan fingerprint density at radius 3 is 2.45 bits per heavy atom. The van der Waals surface area contributed by atoms with Crippen LogP contribution < -0.4 is 9.47 Å². The van der Waals surface area contributed by atoms with E-state index in [2.05, 4.69) is 4.98 Å². The Morgan fingerprint density at radius 2 is 1.68 bits per heavy atom. The lowest BCUT2D eigenvalue weighted by atomic mass is 10.2. The van der Waals surface area contributed by atoms with Gasteiger partial charge < -0.3 is 9.47 Å². The molecule has 1 aromatic heterocycles. The van der Waals surface area contributed by atoms with Crippen LogP contribution in [-0.2, 0) is 0 Å². The molecule has 0 radical (unpaired) electrons. The summed E-state index contributed by atoms with van der Waals surface area (Å²) in [5.41, 5.74) is 1.05. The number of ether oxygens (including phenoxy) is 2. The van der Waals surface area contributed by atoms with E-state index in [0.717, 1.165) is 16.7 Å². The predicted octanol–water partition coefficient (Wildman–Crippen LogP) is 3.85. The van der Waals surface area contributed by atoms with E-state index in [1.807, 2.05) is 37.3 Å². The summed E-state index contributed by atoms with van der Waals surface area (Å²) in [5, 5.41) is 0.986. The van der Waals surface area contributed by atoms with Gasteiger partial charge in [0.1, 0.15) is 17.2 Å². The maximum Gasteiger partial charge on any atom is 0.362 e. The maximum atomic E-state index is 12.2. The first-order valence-corrected chi connectivity index (χ1v) is 7.07. The van der Waals surface area contributed by atoms with Crippen LogP contribution in [0.3, 0.4) is 0 Å². The Morgan fingerprint density at radius 1 is 0.955 bits per heavy atom. The molecule has 0 spiro atoms. The number of esters is 1. The van der Waals surface area contributed by atoms with E-state index in [1.165, 1.54) is 0 Å². The number of rotatable bonds is 4. The van der Waals surface area contributed by atoms with Crippen molar-refractivity contribution in [1.82, 2.24) is 4.98 Å². The standard InChI is InChI=1S/C18H15NO3/c1-2-21-14-8-10-15(11-9-14)22-18(20)17-12-7-13-5-3-4-6-16(13)19-17/h3-12H,2H2,1H3. The molecule has 3 rings (SSSR count). The average Bonchev–Trinajstić information content (AvgIpc) is 2.56. The Kier molecular flexibility index (Phi) is 4.01. The minimum absolute atomic E-state index is 0.285. The van der Waals surface area contributed by atoms with Gasteiger partial charge in [0.15, 0.2) is 0 Å². The highest BCUT2D eigenvalue weighted by molar-refractivity contribution is 5.92. The fourth-order valence-corrected chi connectivity index (χ4v) is 2.11. The fourth-order valence-electron chi connectivity index (χ4n) is 2.11. The molecule has 0 aliphatic heterocycles. The maximum absolute atomic E-state index is 12.2. The molecule has 0 amide bonds. The Labute approximate surface area is 128 Å². The molecule has 2 aromatic carbocycles. The van der Waals surface area contributed by atoms with Gasteiger partial charge in [-0.15, -0.1) is 0 Å². The predicted molar refractivity (Wildman–Crippen MR) is 84.3 cm³/mol. The minimum atomic E-state index is -0.477. The van der Waals surface area contributed by atoms with E-state index in [4.69, 9.17) is 9.47 Å². The summed E-state index contributed by atoms with van der Waals surface area (Å²) in [6, 6.07) is 18.1. The molecule has 0 saturated heterocycles. The Bertz CT molecular complexity index is 797. The third kappa shape index (κ3) is 3.06. The van der Waals surface area contributed by atoms with Crippen LogP contribution in [0.5, 0.6) is 11.5 Å². The van der Waals surface area contributed by atoms with Crippen LogP contribution in [0.2, 0.25) is 0 Å². The van der Waals surface area contributed by atoms with Crippen molar-refractivity contribution >= 4 is 16.9 Å². The zero-order valence-corrected chi connectivity index (χ0v) is 12.2. The normalized spacial score (nSPS) is 10.4. The summed E-state index contributed by atoms with van der Waals surface area (Å²) in [7, 11) is 0. The average molecular weight is 293 g/mol. The van der Waals surface area contributed by atoms with E-state index < -0.39 is 5.97 Å². The summed E-state index contributed by atoms with van der Waals surface area (Å²) in [6.07, 6.45) is 0. The fraction of sp³-hybridized carbons (Fsp3) is 0.111. The second kappa shape index (κ2) is 6.26. The number of para-hydroxylation sites is 1. The van der Waals surface area contributed by atoms with Gasteiger partial charge in [-0.3, -0.25) is 0 Å². The van der Waals surface area contributed by atoms with Crippen LogP contribution in [0.15, 0.2) is 60.7 Å². The largest absolute Gasteiger partial charge is 0.494 e. The molecule has 110 valence electrons. The van der Waals surface area contributed by atoms with Gasteiger partial charge in [0, 0.05) is 5.39 Å². The second-order valence-corrected chi connectivity index (χ2v) is 4.68. The molecular weight excluding hydrogens is 278 g/mol. The molecule has 0 saturated carbocycles. The topological polar surface area (TPSA) is 48.4 Å². The first kappa shape index (κ1) is 14.1. The number of aromatic nitrogens is 1. The molecule has 0 aliphatic rings. The molecule has 22 heavy (non-hydrogen) atoms. The lowest BCUT2D eigenvalue weighted by Crippen LogP contribution is -2.10. The Balaban J connectivity index is 1.77. The number of hydrogen-bond acceptors (Lipinski definition) is 4. The van der Waals surface area contributed by atoms with Crippen LogP contribution in [0, 0.1) is 0 Å². The lowest BCUT2D eigenvalue weighted by molar-refractivity contribution is 0.0729. The molecule has 0 atom stereocenters. The highest BCUT2D eigenvalue weighted by atomic mass is 16.5. The molecule has 1 heterocycles. The molecule has 0 fully saturated rings. The van der Waals surface area contributed by atoms with Gasteiger partial charge in [-0.1, -0.05) is 24.3 Å². The zero-order chi connectivity index (χ0) is 15.4. The third-order valence-electron chi connectivity index (χ3n) is 3.15. The van der Waals surface area contributed by atoms with Gasteiger partial charge in [0.2, 0.25) is 0 Å². The van der Waals surface area contributed by atoms with Crippen LogP contribution >= 0.6 is 0 Å².